The summed E-state index contributed by atoms with van der Waals surface area (Å²) in [7, 11) is 0. The van der Waals surface area contributed by atoms with Crippen LogP contribution in [0.15, 0.2) is 18.5 Å². The van der Waals surface area contributed by atoms with Crippen molar-refractivity contribution in [2.75, 3.05) is 0 Å². The zero-order chi connectivity index (χ0) is 13.4. The first-order chi connectivity index (χ1) is 9.15. The molecule has 2 atom stereocenters. The van der Waals surface area contributed by atoms with Crippen LogP contribution in [0.5, 0.6) is 0 Å². The van der Waals surface area contributed by atoms with Crippen LogP contribution >= 0.6 is 0 Å². The van der Waals surface area contributed by atoms with Crippen LogP contribution in [0.3, 0.4) is 0 Å². The summed E-state index contributed by atoms with van der Waals surface area (Å²) < 4.78 is 1.83. The molecule has 0 amide bonds. The average molecular weight is 260 g/mol. The summed E-state index contributed by atoms with van der Waals surface area (Å²) in [6.07, 6.45) is 5.58. The third kappa shape index (κ3) is 2.14. The lowest BCUT2D eigenvalue weighted by Crippen LogP contribution is -2.22. The van der Waals surface area contributed by atoms with Crippen LogP contribution in [0.1, 0.15) is 36.6 Å². The number of fused-ring (bicyclic) bond motifs is 1. The Balaban J connectivity index is 1.85. The number of carbonyl (C=O) groups is 1. The van der Waals surface area contributed by atoms with E-state index in [-0.39, 0.29) is 12.0 Å². The van der Waals surface area contributed by atoms with Crippen LogP contribution in [-0.4, -0.2) is 30.8 Å². The molecule has 0 fully saturated rings. The van der Waals surface area contributed by atoms with Crippen LogP contribution in [0, 0.1) is 5.92 Å². The molecular weight excluding hydrogens is 244 g/mol. The van der Waals surface area contributed by atoms with Crippen LogP contribution in [0.2, 0.25) is 0 Å². The summed E-state index contributed by atoms with van der Waals surface area (Å²) in [4.78, 5) is 18.9. The van der Waals surface area contributed by atoms with E-state index in [4.69, 9.17) is 5.11 Å². The lowest BCUT2D eigenvalue weighted by atomic mass is 9.90. The van der Waals surface area contributed by atoms with Gasteiger partial charge in [0.2, 0.25) is 0 Å². The molecule has 0 aliphatic heterocycles. The number of aromatic amines is 1. The van der Waals surface area contributed by atoms with E-state index in [2.05, 4.69) is 15.1 Å². The van der Waals surface area contributed by atoms with Crippen molar-refractivity contribution in [3.8, 4) is 0 Å². The van der Waals surface area contributed by atoms with Gasteiger partial charge < -0.3 is 10.1 Å². The molecule has 0 saturated carbocycles. The second kappa shape index (κ2) is 4.53. The van der Waals surface area contributed by atoms with E-state index >= 15 is 0 Å². The van der Waals surface area contributed by atoms with E-state index in [1.165, 1.54) is 0 Å². The van der Waals surface area contributed by atoms with Crippen molar-refractivity contribution in [3.05, 3.63) is 35.7 Å². The van der Waals surface area contributed by atoms with Crippen LogP contribution in [0.4, 0.5) is 0 Å². The predicted molar refractivity (Wildman–Crippen MR) is 67.8 cm³/mol. The molecule has 0 spiro atoms. The highest BCUT2D eigenvalue weighted by molar-refractivity contribution is 5.70. The van der Waals surface area contributed by atoms with Gasteiger partial charge in [0.1, 0.15) is 11.9 Å². The Bertz CT molecular complexity index is 588. The second-order valence-corrected chi connectivity index (χ2v) is 4.99. The van der Waals surface area contributed by atoms with Gasteiger partial charge in [-0.05, 0) is 25.8 Å². The number of H-pyrrole nitrogens is 1. The van der Waals surface area contributed by atoms with Gasteiger partial charge in [-0.3, -0.25) is 9.48 Å². The molecule has 2 N–H and O–H groups in total. The van der Waals surface area contributed by atoms with Gasteiger partial charge in [0, 0.05) is 24.5 Å². The number of carboxylic acid groups (broad SMARTS) is 1. The molecule has 19 heavy (non-hydrogen) atoms. The molecule has 6 nitrogen and oxygen atoms in total. The first kappa shape index (κ1) is 12.0. The maximum Gasteiger partial charge on any atom is 0.306 e. The normalized spacial score (nSPS) is 19.9. The molecule has 0 bridgehead atoms. The monoisotopic (exact) mass is 260 g/mol. The van der Waals surface area contributed by atoms with E-state index in [9.17, 15) is 4.79 Å². The minimum absolute atomic E-state index is 0.0314. The zero-order valence-corrected chi connectivity index (χ0v) is 10.7. The third-order valence-electron chi connectivity index (χ3n) is 3.73. The van der Waals surface area contributed by atoms with E-state index in [0.717, 1.165) is 23.6 Å². The topological polar surface area (TPSA) is 83.8 Å². The van der Waals surface area contributed by atoms with Gasteiger partial charge >= 0.3 is 5.97 Å². The third-order valence-corrected chi connectivity index (χ3v) is 3.73. The average Bonchev–Trinajstić information content (AvgIpc) is 3.06. The van der Waals surface area contributed by atoms with Crippen molar-refractivity contribution in [1.29, 1.82) is 0 Å². The smallest absolute Gasteiger partial charge is 0.306 e. The molecule has 0 radical (unpaired) electrons. The van der Waals surface area contributed by atoms with Gasteiger partial charge in [-0.25, -0.2) is 4.98 Å². The minimum atomic E-state index is -0.720. The van der Waals surface area contributed by atoms with Gasteiger partial charge in [0.25, 0.3) is 0 Å². The molecule has 2 aromatic heterocycles. The number of imidazole rings is 1. The number of nitrogens with one attached hydrogen (secondary N) is 1. The first-order valence-corrected chi connectivity index (χ1v) is 6.44. The lowest BCUT2D eigenvalue weighted by molar-refractivity contribution is -0.142. The van der Waals surface area contributed by atoms with Crippen molar-refractivity contribution in [3.63, 3.8) is 0 Å². The van der Waals surface area contributed by atoms with Gasteiger partial charge in [0.15, 0.2) is 0 Å². The van der Waals surface area contributed by atoms with Gasteiger partial charge in [-0.2, -0.15) is 5.10 Å². The van der Waals surface area contributed by atoms with Crippen molar-refractivity contribution in [2.24, 2.45) is 5.92 Å². The fourth-order valence-corrected chi connectivity index (χ4v) is 2.55. The first-order valence-electron chi connectivity index (χ1n) is 6.44. The zero-order valence-electron chi connectivity index (χ0n) is 10.7. The molecule has 0 aromatic carbocycles. The minimum Gasteiger partial charge on any atom is -0.481 e. The Morgan fingerprint density at radius 1 is 1.63 bits per heavy atom. The highest BCUT2D eigenvalue weighted by Gasteiger charge is 2.27. The molecular formula is C13H16N4O2. The SMILES string of the molecule is CC(c1nc2c([nH]1)CC(C(=O)O)CC2)n1cccn1. The van der Waals surface area contributed by atoms with Crippen LogP contribution in [0.25, 0.3) is 0 Å². The summed E-state index contributed by atoms with van der Waals surface area (Å²) in [5.41, 5.74) is 1.97. The summed E-state index contributed by atoms with van der Waals surface area (Å²) in [6.45, 7) is 2.02. The summed E-state index contributed by atoms with van der Waals surface area (Å²) in [6, 6.07) is 1.91. The Morgan fingerprint density at radius 2 is 2.47 bits per heavy atom. The highest BCUT2D eigenvalue weighted by Crippen LogP contribution is 2.26. The van der Waals surface area contributed by atoms with Crippen LogP contribution in [-0.2, 0) is 17.6 Å². The molecule has 1 aliphatic rings. The van der Waals surface area contributed by atoms with E-state index in [0.29, 0.717) is 12.8 Å². The highest BCUT2D eigenvalue weighted by atomic mass is 16.4. The van der Waals surface area contributed by atoms with Crippen molar-refractivity contribution < 1.29 is 9.90 Å². The number of aryl methyl sites for hydroxylation is 1. The fraction of sp³-hybridized carbons (Fsp3) is 0.462. The van der Waals surface area contributed by atoms with E-state index < -0.39 is 5.97 Å². The molecule has 2 heterocycles. The maximum absolute atomic E-state index is 11.0. The number of nitrogens with zero attached hydrogens (tertiary/aromatic N) is 3. The number of hydrogen-bond acceptors (Lipinski definition) is 3. The molecule has 100 valence electrons. The summed E-state index contributed by atoms with van der Waals surface area (Å²) >= 11 is 0. The summed E-state index contributed by atoms with van der Waals surface area (Å²) in [5, 5.41) is 13.3. The largest absolute Gasteiger partial charge is 0.481 e. The Kier molecular flexibility index (Phi) is 2.85. The number of carboxylic acids is 1. The van der Waals surface area contributed by atoms with Crippen molar-refractivity contribution in [2.45, 2.75) is 32.2 Å². The molecule has 6 heteroatoms. The fourth-order valence-electron chi connectivity index (χ4n) is 2.55. The summed E-state index contributed by atoms with van der Waals surface area (Å²) in [5.74, 6) is -0.164. The number of aromatic nitrogens is 4. The van der Waals surface area contributed by atoms with Crippen molar-refractivity contribution in [1.82, 2.24) is 19.7 Å². The molecule has 3 rings (SSSR count). The Labute approximate surface area is 110 Å². The maximum atomic E-state index is 11.0. The quantitative estimate of drug-likeness (QED) is 0.873. The molecule has 2 unspecified atom stereocenters. The van der Waals surface area contributed by atoms with Gasteiger partial charge in [-0.1, -0.05) is 0 Å². The van der Waals surface area contributed by atoms with E-state index in [1.54, 1.807) is 6.20 Å². The number of hydrogen-bond donors (Lipinski definition) is 2. The number of aliphatic carboxylic acids is 1. The Hall–Kier alpha value is -2.11. The second-order valence-electron chi connectivity index (χ2n) is 4.99. The molecule has 1 aliphatic carbocycles. The Morgan fingerprint density at radius 3 is 3.16 bits per heavy atom. The van der Waals surface area contributed by atoms with Crippen LogP contribution < -0.4 is 0 Å². The number of rotatable bonds is 3. The van der Waals surface area contributed by atoms with Crippen molar-refractivity contribution >= 4 is 5.97 Å². The standard InChI is InChI=1S/C13H16N4O2/c1-8(17-6-2-5-14-17)12-15-10-4-3-9(13(18)19)7-11(10)16-12/h2,5-6,8-9H,3-4,7H2,1H3,(H,15,16)(H,18,19). The van der Waals surface area contributed by atoms with Gasteiger partial charge in [-0.15, -0.1) is 0 Å². The van der Waals surface area contributed by atoms with Gasteiger partial charge in [0.05, 0.1) is 11.6 Å². The lowest BCUT2D eigenvalue weighted by Gasteiger charge is -2.16. The predicted octanol–water partition coefficient (Wildman–Crippen LogP) is 1.41. The van der Waals surface area contributed by atoms with E-state index in [1.807, 2.05) is 23.9 Å². The molecule has 0 saturated heterocycles. The molecule has 2 aromatic rings.